The highest BCUT2D eigenvalue weighted by Crippen LogP contribution is 2.13. The molecule has 0 aromatic rings. The topological polar surface area (TPSA) is 48.9 Å². The van der Waals surface area contributed by atoms with E-state index in [1.807, 2.05) is 6.08 Å². The molecule has 8 heavy (non-hydrogen) atoms. The van der Waals surface area contributed by atoms with Crippen LogP contribution in [0.15, 0.2) is 11.8 Å². The van der Waals surface area contributed by atoms with Crippen LogP contribution in [0.5, 0.6) is 0 Å². The summed E-state index contributed by atoms with van der Waals surface area (Å²) in [5, 5.41) is 7.17. The fraction of sp³-hybridized carbons (Fsp3) is 0.667. The zero-order valence-electron chi connectivity index (χ0n) is 4.85. The van der Waals surface area contributed by atoms with E-state index in [4.69, 9.17) is 10.8 Å². The van der Waals surface area contributed by atoms with Crippen LogP contribution in [0, 0.1) is 0 Å². The Balaban J connectivity index is 2.42. The largest absolute Gasteiger partial charge is 0.597 e. The number of rotatable bonds is 0. The first kappa shape index (κ1) is 5.63. The third-order valence-electron chi connectivity index (χ3n) is 1.45. The molecule has 1 atom stereocenters. The van der Waals surface area contributed by atoms with Crippen molar-refractivity contribution in [2.45, 2.75) is 25.3 Å². The van der Waals surface area contributed by atoms with E-state index in [9.17, 15) is 0 Å². The van der Waals surface area contributed by atoms with Crippen LogP contribution in [0.25, 0.3) is 0 Å². The predicted octanol–water partition coefficient (Wildman–Crippen LogP) is 0.106. The Morgan fingerprint density at radius 1 is 1.75 bits per heavy atom. The van der Waals surface area contributed by atoms with Crippen molar-refractivity contribution in [2.75, 3.05) is 0 Å². The maximum Gasteiger partial charge on any atom is 0.224 e. The van der Waals surface area contributed by atoms with E-state index in [1.165, 1.54) is 0 Å². The van der Waals surface area contributed by atoms with Crippen molar-refractivity contribution in [3.8, 4) is 0 Å². The average molecular weight is 114 g/mol. The third-order valence-corrected chi connectivity index (χ3v) is 1.45. The van der Waals surface area contributed by atoms with Crippen molar-refractivity contribution in [1.29, 1.82) is 0 Å². The van der Waals surface area contributed by atoms with Crippen molar-refractivity contribution in [2.24, 2.45) is 5.73 Å². The molecule has 1 aliphatic carbocycles. The third kappa shape index (κ3) is 1.23. The predicted molar refractivity (Wildman–Crippen MR) is 33.5 cm³/mol. The Hall–Kier alpha value is -0.500. The van der Waals surface area contributed by atoms with E-state index in [2.05, 4.69) is 0 Å². The molecule has 1 aliphatic rings. The van der Waals surface area contributed by atoms with Gasteiger partial charge in [0.25, 0.3) is 0 Å². The Morgan fingerprint density at radius 3 is 2.88 bits per heavy atom. The standard InChI is InChI=1S/C6H11NO/c7-5-1-3-6(8)4-2-5/h3,5,8H,1-2,4,7H2/p+1. The molecule has 0 amide bonds. The zero-order chi connectivity index (χ0) is 5.98. The summed E-state index contributed by atoms with van der Waals surface area (Å²) in [5.41, 5.74) is 5.57. The number of allylic oxidation sites excluding steroid dienone is 1. The first-order valence-corrected chi connectivity index (χ1v) is 2.95. The van der Waals surface area contributed by atoms with Gasteiger partial charge in [0.1, 0.15) is 0 Å². The molecule has 1 rings (SSSR count). The molecule has 1 unspecified atom stereocenters. The number of nitrogens with two attached hydrogens (primary N) is 1. The van der Waals surface area contributed by atoms with Gasteiger partial charge in [-0.05, 0) is 12.8 Å². The van der Waals surface area contributed by atoms with Gasteiger partial charge in [0.2, 0.25) is 5.76 Å². The minimum Gasteiger partial charge on any atom is -0.597 e. The Kier molecular flexibility index (Phi) is 1.53. The molecular weight excluding hydrogens is 102 g/mol. The van der Waals surface area contributed by atoms with Crippen molar-refractivity contribution in [1.82, 2.24) is 0 Å². The van der Waals surface area contributed by atoms with Crippen LogP contribution < -0.4 is 5.73 Å². The zero-order valence-corrected chi connectivity index (χ0v) is 4.85. The van der Waals surface area contributed by atoms with Crippen LogP contribution in [0.3, 0.4) is 0 Å². The summed E-state index contributed by atoms with van der Waals surface area (Å²) in [6.45, 7) is 0. The first-order chi connectivity index (χ1) is 3.79. The lowest BCUT2D eigenvalue weighted by atomic mass is 10.0. The minimum atomic E-state index is 0.323. The summed E-state index contributed by atoms with van der Waals surface area (Å²) in [6.07, 6.45) is 4.68. The van der Waals surface area contributed by atoms with Crippen LogP contribution in [0.2, 0.25) is 0 Å². The maximum absolute atomic E-state index is 7.17. The monoisotopic (exact) mass is 114 g/mol. The van der Waals surface area contributed by atoms with Crippen molar-refractivity contribution in [3.05, 3.63) is 11.8 Å². The number of hydrogen-bond acceptors (Lipinski definition) is 1. The van der Waals surface area contributed by atoms with E-state index >= 15 is 0 Å². The highest BCUT2D eigenvalue weighted by atomic mass is 16.3. The van der Waals surface area contributed by atoms with Crippen molar-refractivity contribution in [3.63, 3.8) is 0 Å². The smallest absolute Gasteiger partial charge is 0.224 e. The lowest BCUT2D eigenvalue weighted by molar-refractivity contribution is 0.358. The van der Waals surface area contributed by atoms with Gasteiger partial charge in [-0.3, -0.25) is 0 Å². The summed E-state index contributed by atoms with van der Waals surface area (Å²) in [4.78, 5) is 0. The first-order valence-electron chi connectivity index (χ1n) is 2.95. The Bertz CT molecular complexity index is 109. The van der Waals surface area contributed by atoms with Gasteiger partial charge in [-0.15, -0.1) is 0 Å². The van der Waals surface area contributed by atoms with Gasteiger partial charge in [-0.25, -0.2) is 0 Å². The van der Waals surface area contributed by atoms with Crippen molar-refractivity contribution < 1.29 is 5.11 Å². The summed E-state index contributed by atoms with van der Waals surface area (Å²) < 4.78 is 0. The summed E-state index contributed by atoms with van der Waals surface area (Å²) >= 11 is 0. The summed E-state index contributed by atoms with van der Waals surface area (Å²) in [5.74, 6) is 0.756. The lowest BCUT2D eigenvalue weighted by Crippen LogP contribution is -2.21. The molecule has 0 radical (unpaired) electrons. The number of hydrogen-bond donors (Lipinski definition) is 1. The fourth-order valence-corrected chi connectivity index (χ4v) is 0.854. The van der Waals surface area contributed by atoms with Crippen molar-refractivity contribution >= 4 is 0 Å². The molecule has 2 heteroatoms. The van der Waals surface area contributed by atoms with E-state index in [-0.39, 0.29) is 0 Å². The Morgan fingerprint density at radius 2 is 2.50 bits per heavy atom. The quantitative estimate of drug-likeness (QED) is 0.446. The second kappa shape index (κ2) is 2.18. The van der Waals surface area contributed by atoms with Gasteiger partial charge < -0.3 is 10.8 Å². The van der Waals surface area contributed by atoms with Gasteiger partial charge in [0.15, 0.2) is 0 Å². The van der Waals surface area contributed by atoms with Crippen LogP contribution in [0.1, 0.15) is 19.3 Å². The molecule has 0 bridgehead atoms. The van der Waals surface area contributed by atoms with Crippen LogP contribution in [-0.4, -0.2) is 11.1 Å². The molecule has 0 aromatic heterocycles. The SMILES string of the molecule is NC1CC=C([OH2+])CC1. The normalized spacial score (nSPS) is 29.6. The highest BCUT2D eigenvalue weighted by Gasteiger charge is 2.10. The minimum absolute atomic E-state index is 0.323. The lowest BCUT2D eigenvalue weighted by Gasteiger charge is -2.10. The average Bonchev–Trinajstić information content (AvgIpc) is 1.77. The van der Waals surface area contributed by atoms with E-state index in [0.717, 1.165) is 25.0 Å². The molecule has 0 aliphatic heterocycles. The fourth-order valence-electron chi connectivity index (χ4n) is 0.854. The summed E-state index contributed by atoms with van der Waals surface area (Å²) in [6, 6.07) is 0.323. The van der Waals surface area contributed by atoms with Gasteiger partial charge in [0.05, 0.1) is 6.42 Å². The van der Waals surface area contributed by atoms with Crippen LogP contribution in [-0.2, 0) is 0 Å². The van der Waals surface area contributed by atoms with Gasteiger partial charge in [0, 0.05) is 12.1 Å². The molecule has 0 saturated heterocycles. The second-order valence-corrected chi connectivity index (χ2v) is 2.26. The van der Waals surface area contributed by atoms with Gasteiger partial charge in [-0.2, -0.15) is 0 Å². The maximum atomic E-state index is 7.17. The molecule has 0 spiro atoms. The van der Waals surface area contributed by atoms with Crippen LogP contribution >= 0.6 is 0 Å². The Labute approximate surface area is 49.0 Å². The molecule has 0 heterocycles. The van der Waals surface area contributed by atoms with Gasteiger partial charge >= 0.3 is 0 Å². The second-order valence-electron chi connectivity index (χ2n) is 2.26. The molecule has 46 valence electrons. The summed E-state index contributed by atoms with van der Waals surface area (Å²) in [7, 11) is 0. The van der Waals surface area contributed by atoms with E-state index in [1.54, 1.807) is 0 Å². The van der Waals surface area contributed by atoms with E-state index < -0.39 is 0 Å². The molecule has 0 saturated carbocycles. The molecule has 2 nitrogen and oxygen atoms in total. The highest BCUT2D eigenvalue weighted by molar-refractivity contribution is 4.98. The molecule has 4 N–H and O–H groups in total. The van der Waals surface area contributed by atoms with Gasteiger partial charge in [-0.1, -0.05) is 0 Å². The van der Waals surface area contributed by atoms with E-state index in [0.29, 0.717) is 6.04 Å². The molecule has 0 fully saturated rings. The molecule has 0 aromatic carbocycles. The molecular formula is C6H12NO+. The van der Waals surface area contributed by atoms with Crippen LogP contribution in [0.4, 0.5) is 0 Å².